The number of thiol groups is 3. The Kier molecular flexibility index (Phi) is 19.9. The fourth-order valence-electron chi connectivity index (χ4n) is 1.09. The summed E-state index contributed by atoms with van der Waals surface area (Å²) < 4.78 is 0. The molecule has 1 unspecified atom stereocenters. The third kappa shape index (κ3) is 14.9. The Bertz CT molecular complexity index is 156. The second-order valence-electron chi connectivity index (χ2n) is 3.42. The summed E-state index contributed by atoms with van der Waals surface area (Å²) in [5.74, 6) is 11.6. The third-order valence-corrected chi connectivity index (χ3v) is 8.75. The van der Waals surface area contributed by atoms with E-state index in [9.17, 15) is 0 Å². The lowest BCUT2D eigenvalue weighted by atomic mass is 10.5. The normalized spacial score (nSPS) is 12.8. The van der Waals surface area contributed by atoms with E-state index >= 15 is 0 Å². The third-order valence-electron chi connectivity index (χ3n) is 1.93. The number of rotatable bonds is 14. The SMILES string of the molecule is SCCSCCSCC(CS)SCCSCCS. The lowest BCUT2D eigenvalue weighted by molar-refractivity contribution is 1.15. The molecule has 0 aromatic rings. The van der Waals surface area contributed by atoms with Gasteiger partial charge in [0.15, 0.2) is 0 Å². The van der Waals surface area contributed by atoms with Crippen molar-refractivity contribution in [2.75, 3.05) is 57.5 Å². The molecule has 0 fully saturated rings. The summed E-state index contributed by atoms with van der Waals surface area (Å²) in [5, 5.41) is 0.713. The molecular weight excluding hydrogens is 357 g/mol. The van der Waals surface area contributed by atoms with Gasteiger partial charge in [0, 0.05) is 51.3 Å². The van der Waals surface area contributed by atoms with Gasteiger partial charge in [-0.15, -0.1) is 0 Å². The van der Waals surface area contributed by atoms with Crippen molar-refractivity contribution in [2.24, 2.45) is 0 Å². The molecule has 110 valence electrons. The fraction of sp³-hybridized carbons (Fsp3) is 1.00. The van der Waals surface area contributed by atoms with Gasteiger partial charge in [-0.2, -0.15) is 84.9 Å². The highest BCUT2D eigenvalue weighted by atomic mass is 32.2. The summed E-state index contributed by atoms with van der Waals surface area (Å²) in [6, 6.07) is 0. The second-order valence-corrected chi connectivity index (χ2v) is 9.69. The molecule has 0 N–H and O–H groups in total. The first-order valence-electron chi connectivity index (χ1n) is 6.02. The Labute approximate surface area is 146 Å². The van der Waals surface area contributed by atoms with E-state index < -0.39 is 0 Å². The van der Waals surface area contributed by atoms with Crippen LogP contribution in [0.5, 0.6) is 0 Å². The molecule has 18 heavy (non-hydrogen) atoms. The molecule has 0 aliphatic carbocycles. The predicted octanol–water partition coefficient (Wildman–Crippen LogP) is 4.08. The maximum absolute atomic E-state index is 4.45. The van der Waals surface area contributed by atoms with Crippen LogP contribution in [0, 0.1) is 0 Å². The Hall–Kier alpha value is 2.45. The van der Waals surface area contributed by atoms with Gasteiger partial charge < -0.3 is 0 Å². The van der Waals surface area contributed by atoms with E-state index in [1.165, 1.54) is 40.3 Å². The maximum Gasteiger partial charge on any atom is 0.0226 e. The highest BCUT2D eigenvalue weighted by Crippen LogP contribution is 2.20. The van der Waals surface area contributed by atoms with E-state index in [1.807, 2.05) is 23.5 Å². The van der Waals surface area contributed by atoms with Crippen molar-refractivity contribution < 1.29 is 0 Å². The molecule has 0 aromatic carbocycles. The topological polar surface area (TPSA) is 0 Å². The van der Waals surface area contributed by atoms with Gasteiger partial charge in [-0.05, 0) is 11.5 Å². The van der Waals surface area contributed by atoms with Gasteiger partial charge >= 0.3 is 0 Å². The average Bonchev–Trinajstić information content (AvgIpc) is 2.40. The Balaban J connectivity index is 3.29. The standard InChI is InChI=1S/C11H24S7/c12-1-3-15-5-6-17-10-11(9-14)18-8-7-16-4-2-13/h11-14H,1-10H2. The van der Waals surface area contributed by atoms with E-state index in [0.717, 1.165) is 17.3 Å². The van der Waals surface area contributed by atoms with Crippen molar-refractivity contribution >= 4 is 84.9 Å². The van der Waals surface area contributed by atoms with E-state index in [0.29, 0.717) is 5.25 Å². The first-order valence-corrected chi connectivity index (χ1v) is 12.4. The van der Waals surface area contributed by atoms with Gasteiger partial charge in [-0.1, -0.05) is 0 Å². The van der Waals surface area contributed by atoms with Crippen molar-refractivity contribution in [3.63, 3.8) is 0 Å². The smallest absolute Gasteiger partial charge is 0.0226 e. The Morgan fingerprint density at radius 2 is 1.22 bits per heavy atom. The van der Waals surface area contributed by atoms with Gasteiger partial charge in [-0.3, -0.25) is 0 Å². The van der Waals surface area contributed by atoms with E-state index in [-0.39, 0.29) is 0 Å². The van der Waals surface area contributed by atoms with Gasteiger partial charge in [0.2, 0.25) is 0 Å². The average molecular weight is 381 g/mol. The van der Waals surface area contributed by atoms with Gasteiger partial charge in [0.05, 0.1) is 0 Å². The zero-order chi connectivity index (χ0) is 13.5. The van der Waals surface area contributed by atoms with Crippen LogP contribution < -0.4 is 0 Å². The summed E-state index contributed by atoms with van der Waals surface area (Å²) in [4.78, 5) is 0. The molecule has 0 radical (unpaired) electrons. The van der Waals surface area contributed by atoms with Crippen molar-refractivity contribution in [1.82, 2.24) is 0 Å². The highest BCUT2D eigenvalue weighted by Gasteiger charge is 2.07. The minimum absolute atomic E-state index is 0.713. The predicted molar refractivity (Wildman–Crippen MR) is 110 cm³/mol. The monoisotopic (exact) mass is 380 g/mol. The van der Waals surface area contributed by atoms with Crippen LogP contribution in [0.4, 0.5) is 0 Å². The van der Waals surface area contributed by atoms with Gasteiger partial charge in [0.25, 0.3) is 0 Å². The molecule has 0 rings (SSSR count). The maximum atomic E-state index is 4.45. The molecule has 0 saturated carbocycles. The van der Waals surface area contributed by atoms with Crippen LogP contribution in [-0.2, 0) is 0 Å². The van der Waals surface area contributed by atoms with Crippen molar-refractivity contribution in [3.8, 4) is 0 Å². The minimum Gasteiger partial charge on any atom is -0.179 e. The van der Waals surface area contributed by atoms with E-state index in [4.69, 9.17) is 0 Å². The second kappa shape index (κ2) is 17.5. The summed E-state index contributed by atoms with van der Waals surface area (Å²) >= 11 is 21.0. The molecule has 1 atom stereocenters. The van der Waals surface area contributed by atoms with Crippen LogP contribution in [0.15, 0.2) is 0 Å². The lowest BCUT2D eigenvalue weighted by Crippen LogP contribution is -2.10. The highest BCUT2D eigenvalue weighted by molar-refractivity contribution is 8.06. The molecule has 0 saturated heterocycles. The number of thioether (sulfide) groups is 4. The molecular formula is C11H24S7. The molecule has 7 heteroatoms. The number of hydrogen-bond acceptors (Lipinski definition) is 7. The van der Waals surface area contributed by atoms with Crippen molar-refractivity contribution in [3.05, 3.63) is 0 Å². The summed E-state index contributed by atoms with van der Waals surface area (Å²) in [5.41, 5.74) is 0. The summed E-state index contributed by atoms with van der Waals surface area (Å²) in [6.07, 6.45) is 0. The molecule has 0 amide bonds. The van der Waals surface area contributed by atoms with Crippen LogP contribution in [0.1, 0.15) is 0 Å². The molecule has 0 aliphatic heterocycles. The molecule has 0 spiro atoms. The lowest BCUT2D eigenvalue weighted by Gasteiger charge is -2.13. The van der Waals surface area contributed by atoms with E-state index in [2.05, 4.69) is 61.4 Å². The molecule has 0 bridgehead atoms. The first kappa shape index (κ1) is 20.5. The number of hydrogen-bond donors (Lipinski definition) is 3. The van der Waals surface area contributed by atoms with Crippen molar-refractivity contribution in [1.29, 1.82) is 0 Å². The quantitative estimate of drug-likeness (QED) is 0.307. The largest absolute Gasteiger partial charge is 0.179 e. The Morgan fingerprint density at radius 1 is 0.667 bits per heavy atom. The fourth-order valence-corrected chi connectivity index (χ4v) is 6.61. The van der Waals surface area contributed by atoms with Crippen molar-refractivity contribution in [2.45, 2.75) is 5.25 Å². The van der Waals surface area contributed by atoms with E-state index in [1.54, 1.807) is 0 Å². The van der Waals surface area contributed by atoms with Crippen LogP contribution in [0.25, 0.3) is 0 Å². The zero-order valence-electron chi connectivity index (χ0n) is 10.6. The summed E-state index contributed by atoms with van der Waals surface area (Å²) in [7, 11) is 0. The van der Waals surface area contributed by atoms with Gasteiger partial charge in [-0.25, -0.2) is 0 Å². The molecule has 0 nitrogen and oxygen atoms in total. The molecule has 0 heterocycles. The van der Waals surface area contributed by atoms with Gasteiger partial charge in [0.1, 0.15) is 0 Å². The van der Waals surface area contributed by atoms with Crippen LogP contribution in [0.2, 0.25) is 0 Å². The Morgan fingerprint density at radius 3 is 1.78 bits per heavy atom. The van der Waals surface area contributed by atoms with Crippen LogP contribution in [0.3, 0.4) is 0 Å². The van der Waals surface area contributed by atoms with Crippen LogP contribution in [-0.4, -0.2) is 62.8 Å². The molecule has 0 aromatic heterocycles. The minimum atomic E-state index is 0.713. The zero-order valence-corrected chi connectivity index (χ0v) is 16.6. The van der Waals surface area contributed by atoms with Crippen LogP contribution >= 0.6 is 84.9 Å². The first-order chi connectivity index (χ1) is 8.85. The molecule has 0 aliphatic rings. The summed E-state index contributed by atoms with van der Waals surface area (Å²) in [6.45, 7) is 0.